The van der Waals surface area contributed by atoms with Crippen molar-refractivity contribution in [3.8, 4) is 0 Å². The zero-order valence-corrected chi connectivity index (χ0v) is 13.5. The van der Waals surface area contributed by atoms with E-state index in [4.69, 9.17) is 0 Å². The highest BCUT2D eigenvalue weighted by atomic mass is 16.2. The van der Waals surface area contributed by atoms with Crippen molar-refractivity contribution in [2.24, 2.45) is 0 Å². The van der Waals surface area contributed by atoms with Crippen LogP contribution in [0.1, 0.15) is 45.7 Å². The van der Waals surface area contributed by atoms with E-state index in [0.29, 0.717) is 6.54 Å². The highest BCUT2D eigenvalue weighted by Crippen LogP contribution is 2.23. The number of carbonyl (C=O) groups is 2. The number of piperazine rings is 1. The molecule has 1 N–H and O–H groups in total. The van der Waals surface area contributed by atoms with E-state index in [9.17, 15) is 9.59 Å². The lowest BCUT2D eigenvalue weighted by molar-refractivity contribution is -0.148. The molecule has 2 amide bonds. The van der Waals surface area contributed by atoms with E-state index in [1.165, 1.54) is 5.56 Å². The number of hydrogen-bond donors (Lipinski definition) is 1. The van der Waals surface area contributed by atoms with Crippen LogP contribution >= 0.6 is 0 Å². The van der Waals surface area contributed by atoms with Crippen molar-refractivity contribution in [2.75, 3.05) is 6.54 Å². The van der Waals surface area contributed by atoms with Crippen LogP contribution in [0, 0.1) is 0 Å². The molecule has 0 bridgehead atoms. The molecule has 0 spiro atoms. The van der Waals surface area contributed by atoms with Crippen molar-refractivity contribution in [1.29, 1.82) is 0 Å². The zero-order chi connectivity index (χ0) is 15.8. The van der Waals surface area contributed by atoms with Crippen LogP contribution < -0.4 is 5.32 Å². The quantitative estimate of drug-likeness (QED) is 0.907. The van der Waals surface area contributed by atoms with Gasteiger partial charge < -0.3 is 10.2 Å². The number of amides is 2. The summed E-state index contributed by atoms with van der Waals surface area (Å²) in [6.45, 7) is 10.6. The van der Waals surface area contributed by atoms with Crippen LogP contribution in [0.15, 0.2) is 24.3 Å². The molecule has 0 radical (unpaired) electrons. The van der Waals surface area contributed by atoms with E-state index < -0.39 is 5.54 Å². The van der Waals surface area contributed by atoms with Crippen molar-refractivity contribution < 1.29 is 9.59 Å². The molecule has 0 aliphatic carbocycles. The summed E-state index contributed by atoms with van der Waals surface area (Å²) in [5.41, 5.74) is 1.60. The van der Waals surface area contributed by atoms with Gasteiger partial charge in [0.25, 0.3) is 0 Å². The lowest BCUT2D eigenvalue weighted by atomic mass is 9.86. The van der Waals surface area contributed by atoms with E-state index in [1.807, 2.05) is 12.1 Å². The highest BCUT2D eigenvalue weighted by molar-refractivity contribution is 5.97. The molecule has 0 saturated carbocycles. The molecule has 0 aromatic heterocycles. The second kappa shape index (κ2) is 5.17. The fourth-order valence-electron chi connectivity index (χ4n) is 2.54. The first-order chi connectivity index (χ1) is 9.59. The zero-order valence-electron chi connectivity index (χ0n) is 13.5. The van der Waals surface area contributed by atoms with Crippen molar-refractivity contribution in [3.63, 3.8) is 0 Å². The van der Waals surface area contributed by atoms with Gasteiger partial charge in [-0.2, -0.15) is 0 Å². The summed E-state index contributed by atoms with van der Waals surface area (Å²) < 4.78 is 0. The molecule has 1 aliphatic rings. The van der Waals surface area contributed by atoms with Crippen molar-refractivity contribution in [2.45, 2.75) is 52.1 Å². The molecule has 1 aliphatic heterocycles. The molecule has 1 heterocycles. The fourth-order valence-corrected chi connectivity index (χ4v) is 2.54. The number of hydrogen-bond acceptors (Lipinski definition) is 2. The Morgan fingerprint density at radius 3 is 2.24 bits per heavy atom. The van der Waals surface area contributed by atoms with Crippen LogP contribution in [-0.2, 0) is 21.5 Å². The van der Waals surface area contributed by atoms with Crippen LogP contribution in [-0.4, -0.2) is 28.8 Å². The van der Waals surface area contributed by atoms with Gasteiger partial charge in [0.1, 0.15) is 5.54 Å². The molecule has 1 saturated heterocycles. The van der Waals surface area contributed by atoms with E-state index in [1.54, 1.807) is 18.7 Å². The lowest BCUT2D eigenvalue weighted by Gasteiger charge is -2.37. The maximum atomic E-state index is 12.3. The Morgan fingerprint density at radius 1 is 1.14 bits per heavy atom. The molecular formula is C17H24N2O2. The molecule has 1 aromatic rings. The predicted molar refractivity (Wildman–Crippen MR) is 82.8 cm³/mol. The van der Waals surface area contributed by atoms with Crippen molar-refractivity contribution >= 4 is 11.8 Å². The third-order valence-corrected chi connectivity index (χ3v) is 3.80. The molecule has 4 nitrogen and oxygen atoms in total. The Balaban J connectivity index is 2.14. The summed E-state index contributed by atoms with van der Waals surface area (Å²) in [5, 5.41) is 2.72. The topological polar surface area (TPSA) is 49.4 Å². The molecular weight excluding hydrogens is 264 g/mol. The third kappa shape index (κ3) is 3.43. The van der Waals surface area contributed by atoms with Gasteiger partial charge in [-0.05, 0) is 30.4 Å². The Hall–Kier alpha value is -1.84. The van der Waals surface area contributed by atoms with Gasteiger partial charge >= 0.3 is 0 Å². The van der Waals surface area contributed by atoms with E-state index in [2.05, 4.69) is 38.2 Å². The minimum atomic E-state index is -0.819. The van der Waals surface area contributed by atoms with Crippen LogP contribution in [0.5, 0.6) is 0 Å². The third-order valence-electron chi connectivity index (χ3n) is 3.80. The molecule has 114 valence electrons. The number of rotatable bonds is 2. The molecule has 2 rings (SSSR count). The van der Waals surface area contributed by atoms with Gasteiger partial charge in [0.05, 0.1) is 6.54 Å². The normalized spacial score (nSPS) is 18.6. The van der Waals surface area contributed by atoms with Crippen molar-refractivity contribution in [3.05, 3.63) is 35.4 Å². The predicted octanol–water partition coefficient (Wildman–Crippen LogP) is 2.22. The van der Waals surface area contributed by atoms with Crippen molar-refractivity contribution in [1.82, 2.24) is 10.2 Å². The van der Waals surface area contributed by atoms with E-state index >= 15 is 0 Å². The number of carbonyl (C=O) groups excluding carboxylic acids is 2. The van der Waals surface area contributed by atoms with Gasteiger partial charge in [-0.15, -0.1) is 0 Å². The monoisotopic (exact) mass is 288 g/mol. The summed E-state index contributed by atoms with van der Waals surface area (Å²) >= 11 is 0. The second-order valence-corrected chi connectivity index (χ2v) is 7.28. The number of nitrogens with zero attached hydrogens (tertiary/aromatic N) is 1. The van der Waals surface area contributed by atoms with Crippen LogP contribution in [0.25, 0.3) is 0 Å². The minimum Gasteiger partial charge on any atom is -0.341 e. The van der Waals surface area contributed by atoms with E-state index in [-0.39, 0.29) is 23.8 Å². The molecule has 21 heavy (non-hydrogen) atoms. The maximum absolute atomic E-state index is 12.3. The maximum Gasteiger partial charge on any atom is 0.248 e. The second-order valence-electron chi connectivity index (χ2n) is 7.28. The summed E-state index contributed by atoms with van der Waals surface area (Å²) in [4.78, 5) is 25.7. The summed E-state index contributed by atoms with van der Waals surface area (Å²) in [6.07, 6.45) is 0. The number of nitrogens with one attached hydrogen (secondary N) is 1. The molecule has 1 fully saturated rings. The fraction of sp³-hybridized carbons (Fsp3) is 0.529. The van der Waals surface area contributed by atoms with Gasteiger partial charge in [-0.3, -0.25) is 9.59 Å². The van der Waals surface area contributed by atoms with Crippen LogP contribution in [0.3, 0.4) is 0 Å². The van der Waals surface area contributed by atoms with Gasteiger partial charge in [0.15, 0.2) is 0 Å². The van der Waals surface area contributed by atoms with Gasteiger partial charge in [0.2, 0.25) is 11.8 Å². The first-order valence-electron chi connectivity index (χ1n) is 7.29. The van der Waals surface area contributed by atoms with Gasteiger partial charge in [-0.1, -0.05) is 45.0 Å². The minimum absolute atomic E-state index is 0.0398. The lowest BCUT2D eigenvalue weighted by Crippen LogP contribution is -2.63. The average Bonchev–Trinajstić information content (AvgIpc) is 2.34. The Bertz CT molecular complexity index is 553. The van der Waals surface area contributed by atoms with Crippen LogP contribution in [0.2, 0.25) is 0 Å². The summed E-state index contributed by atoms with van der Waals surface area (Å²) in [5.74, 6) is -0.145. The SMILES string of the molecule is CC1(C)NC(=O)CN(Cc2ccc(C(C)(C)C)cc2)C1=O. The number of benzene rings is 1. The summed E-state index contributed by atoms with van der Waals surface area (Å²) in [7, 11) is 0. The molecule has 1 aromatic carbocycles. The Kier molecular flexibility index (Phi) is 3.83. The Morgan fingerprint density at radius 2 is 1.71 bits per heavy atom. The van der Waals surface area contributed by atoms with Crippen LogP contribution in [0.4, 0.5) is 0 Å². The molecule has 0 atom stereocenters. The first kappa shape index (κ1) is 15.5. The average molecular weight is 288 g/mol. The first-order valence-corrected chi connectivity index (χ1v) is 7.29. The molecule has 0 unspecified atom stereocenters. The largest absolute Gasteiger partial charge is 0.341 e. The van der Waals surface area contributed by atoms with E-state index in [0.717, 1.165) is 5.56 Å². The molecule has 4 heteroatoms. The standard InChI is InChI=1S/C17H24N2O2/c1-16(2,3)13-8-6-12(7-9-13)10-19-11-14(20)18-17(4,5)15(19)21/h6-9H,10-11H2,1-5H3,(H,18,20). The summed E-state index contributed by atoms with van der Waals surface area (Å²) in [6, 6.07) is 8.25. The highest BCUT2D eigenvalue weighted by Gasteiger charge is 2.38. The smallest absolute Gasteiger partial charge is 0.248 e. The van der Waals surface area contributed by atoms with Gasteiger partial charge in [0, 0.05) is 6.54 Å². The Labute approximate surface area is 126 Å². The van der Waals surface area contributed by atoms with Gasteiger partial charge in [-0.25, -0.2) is 0 Å².